The lowest BCUT2D eigenvalue weighted by molar-refractivity contribution is 0.0953. The molecule has 0 saturated heterocycles. The monoisotopic (exact) mass is 278 g/mol. The van der Waals surface area contributed by atoms with Gasteiger partial charge in [0.25, 0.3) is 5.91 Å². The predicted molar refractivity (Wildman–Crippen MR) is 75.9 cm³/mol. The highest BCUT2D eigenvalue weighted by Gasteiger charge is 2.15. The molecule has 0 fully saturated rings. The zero-order chi connectivity index (χ0) is 13.8. The van der Waals surface area contributed by atoms with E-state index >= 15 is 0 Å². The van der Waals surface area contributed by atoms with Gasteiger partial charge in [-0.15, -0.1) is 0 Å². The minimum absolute atomic E-state index is 0.205. The molecule has 5 heteroatoms. The fourth-order valence-electron chi connectivity index (χ4n) is 1.82. The molecule has 1 N–H and O–H groups in total. The zero-order valence-electron chi connectivity index (χ0n) is 10.9. The number of pyridine rings is 1. The van der Waals surface area contributed by atoms with Crippen LogP contribution in [-0.2, 0) is 0 Å². The van der Waals surface area contributed by atoms with Crippen LogP contribution in [0.3, 0.4) is 0 Å². The summed E-state index contributed by atoms with van der Waals surface area (Å²) in [6.07, 6.45) is 2.36. The van der Waals surface area contributed by atoms with Crippen LogP contribution in [0.4, 0.5) is 0 Å². The van der Waals surface area contributed by atoms with Crippen LogP contribution >= 0.6 is 11.6 Å². The zero-order valence-corrected chi connectivity index (χ0v) is 11.6. The highest BCUT2D eigenvalue weighted by atomic mass is 35.5. The largest absolute Gasteiger partial charge is 0.494 e. The summed E-state index contributed by atoms with van der Waals surface area (Å²) in [5.74, 6) is 0.434. The first-order valence-electron chi connectivity index (χ1n) is 6.08. The minimum atomic E-state index is -0.205. The van der Waals surface area contributed by atoms with Gasteiger partial charge in [0.05, 0.1) is 17.7 Å². The van der Waals surface area contributed by atoms with Gasteiger partial charge in [-0.3, -0.25) is 9.78 Å². The molecule has 100 valence electrons. The molecular formula is C14H15ClN2O2. The van der Waals surface area contributed by atoms with E-state index in [-0.39, 0.29) is 5.91 Å². The van der Waals surface area contributed by atoms with Crippen molar-refractivity contribution >= 4 is 28.4 Å². The molecule has 1 heterocycles. The van der Waals surface area contributed by atoms with Gasteiger partial charge in [-0.2, -0.15) is 0 Å². The summed E-state index contributed by atoms with van der Waals surface area (Å²) < 4.78 is 5.23. The number of nitrogens with one attached hydrogen (secondary N) is 1. The van der Waals surface area contributed by atoms with Gasteiger partial charge in [0.1, 0.15) is 11.3 Å². The lowest BCUT2D eigenvalue weighted by Crippen LogP contribution is -2.24. The standard InChI is InChI=1S/C14H15ClN2O2/c1-3-7-16-14(18)10-8-17-13-9(12(10)15)5-4-6-11(13)19-2/h4-6,8H,3,7H2,1-2H3,(H,16,18). The predicted octanol–water partition coefficient (Wildman–Crippen LogP) is 3.04. The second kappa shape index (κ2) is 5.89. The molecule has 0 bridgehead atoms. The van der Waals surface area contributed by atoms with Crippen LogP contribution in [-0.4, -0.2) is 24.5 Å². The normalized spacial score (nSPS) is 10.5. The van der Waals surface area contributed by atoms with E-state index in [1.165, 1.54) is 6.20 Å². The van der Waals surface area contributed by atoms with Crippen molar-refractivity contribution in [2.75, 3.05) is 13.7 Å². The quantitative estimate of drug-likeness (QED) is 0.935. The maximum atomic E-state index is 12.0. The van der Waals surface area contributed by atoms with E-state index in [1.807, 2.05) is 25.1 Å². The number of carbonyl (C=O) groups excluding carboxylic acids is 1. The Morgan fingerprint density at radius 2 is 2.26 bits per heavy atom. The van der Waals surface area contributed by atoms with Gasteiger partial charge < -0.3 is 10.1 Å². The third-order valence-corrected chi connectivity index (χ3v) is 3.20. The lowest BCUT2D eigenvalue weighted by atomic mass is 10.1. The van der Waals surface area contributed by atoms with Crippen molar-refractivity contribution in [1.82, 2.24) is 10.3 Å². The second-order valence-electron chi connectivity index (χ2n) is 4.10. The Labute approximate surface area is 116 Å². The summed E-state index contributed by atoms with van der Waals surface area (Å²) in [6, 6.07) is 5.45. The summed E-state index contributed by atoms with van der Waals surface area (Å²) in [6.45, 7) is 2.61. The van der Waals surface area contributed by atoms with Crippen molar-refractivity contribution in [3.8, 4) is 5.75 Å². The van der Waals surface area contributed by atoms with Crippen molar-refractivity contribution in [3.05, 3.63) is 35.0 Å². The molecule has 0 aliphatic carbocycles. The van der Waals surface area contributed by atoms with E-state index in [1.54, 1.807) is 7.11 Å². The van der Waals surface area contributed by atoms with Crippen LogP contribution in [0.5, 0.6) is 5.75 Å². The van der Waals surface area contributed by atoms with Gasteiger partial charge in [-0.1, -0.05) is 30.7 Å². The molecule has 0 spiro atoms. The summed E-state index contributed by atoms with van der Waals surface area (Å²) in [7, 11) is 1.58. The average Bonchev–Trinajstić information content (AvgIpc) is 2.44. The van der Waals surface area contributed by atoms with Crippen molar-refractivity contribution in [2.24, 2.45) is 0 Å². The fraction of sp³-hybridized carbons (Fsp3) is 0.286. The molecule has 0 aliphatic rings. The first-order chi connectivity index (χ1) is 9.19. The lowest BCUT2D eigenvalue weighted by Gasteiger charge is -2.09. The van der Waals surface area contributed by atoms with Crippen LogP contribution in [0.25, 0.3) is 10.9 Å². The van der Waals surface area contributed by atoms with E-state index in [2.05, 4.69) is 10.3 Å². The number of methoxy groups -OCH3 is 1. The molecule has 0 radical (unpaired) electrons. The van der Waals surface area contributed by atoms with Gasteiger partial charge in [0, 0.05) is 18.1 Å². The second-order valence-corrected chi connectivity index (χ2v) is 4.48. The van der Waals surface area contributed by atoms with E-state index in [4.69, 9.17) is 16.3 Å². The van der Waals surface area contributed by atoms with E-state index in [0.29, 0.717) is 33.8 Å². The van der Waals surface area contributed by atoms with Crippen molar-refractivity contribution in [3.63, 3.8) is 0 Å². The van der Waals surface area contributed by atoms with Gasteiger partial charge in [-0.05, 0) is 12.5 Å². The van der Waals surface area contributed by atoms with Crippen molar-refractivity contribution in [2.45, 2.75) is 13.3 Å². The van der Waals surface area contributed by atoms with Crippen LogP contribution < -0.4 is 10.1 Å². The van der Waals surface area contributed by atoms with E-state index < -0.39 is 0 Å². The molecule has 1 amide bonds. The molecule has 1 aromatic heterocycles. The first-order valence-corrected chi connectivity index (χ1v) is 6.46. The summed E-state index contributed by atoms with van der Waals surface area (Å²) >= 11 is 6.29. The highest BCUT2D eigenvalue weighted by molar-refractivity contribution is 6.38. The number of halogens is 1. The smallest absolute Gasteiger partial charge is 0.254 e. The molecule has 2 rings (SSSR count). The van der Waals surface area contributed by atoms with Crippen LogP contribution in [0, 0.1) is 0 Å². The van der Waals surface area contributed by atoms with Gasteiger partial charge in [0.2, 0.25) is 0 Å². The Morgan fingerprint density at radius 3 is 2.95 bits per heavy atom. The number of hydrogen-bond acceptors (Lipinski definition) is 3. The number of amides is 1. The molecule has 1 aromatic carbocycles. The van der Waals surface area contributed by atoms with Crippen LogP contribution in [0.15, 0.2) is 24.4 Å². The SMILES string of the molecule is CCCNC(=O)c1cnc2c(OC)cccc2c1Cl. The molecule has 2 aromatic rings. The number of para-hydroxylation sites is 1. The van der Waals surface area contributed by atoms with Crippen LogP contribution in [0.1, 0.15) is 23.7 Å². The highest BCUT2D eigenvalue weighted by Crippen LogP contribution is 2.30. The molecule has 0 atom stereocenters. The molecule has 4 nitrogen and oxygen atoms in total. The number of rotatable bonds is 4. The topological polar surface area (TPSA) is 51.2 Å². The van der Waals surface area contributed by atoms with E-state index in [0.717, 1.165) is 6.42 Å². The Morgan fingerprint density at radius 1 is 1.47 bits per heavy atom. The molecular weight excluding hydrogens is 264 g/mol. The number of benzene rings is 1. The van der Waals surface area contributed by atoms with E-state index in [9.17, 15) is 4.79 Å². The third-order valence-electron chi connectivity index (χ3n) is 2.79. The van der Waals surface area contributed by atoms with Gasteiger partial charge >= 0.3 is 0 Å². The fourth-order valence-corrected chi connectivity index (χ4v) is 2.11. The van der Waals surface area contributed by atoms with Crippen LogP contribution in [0.2, 0.25) is 5.02 Å². The minimum Gasteiger partial charge on any atom is -0.494 e. The molecule has 0 aliphatic heterocycles. The van der Waals surface area contributed by atoms with Gasteiger partial charge in [0.15, 0.2) is 0 Å². The number of ether oxygens (including phenoxy) is 1. The molecule has 19 heavy (non-hydrogen) atoms. The average molecular weight is 279 g/mol. The number of carbonyl (C=O) groups is 1. The number of fused-ring (bicyclic) bond motifs is 1. The van der Waals surface area contributed by atoms with Gasteiger partial charge in [-0.25, -0.2) is 0 Å². The summed E-state index contributed by atoms with van der Waals surface area (Å²) in [5.41, 5.74) is 1.04. The Kier molecular flexibility index (Phi) is 4.22. The third kappa shape index (κ3) is 2.63. The van der Waals surface area contributed by atoms with Crippen molar-refractivity contribution in [1.29, 1.82) is 0 Å². The number of aromatic nitrogens is 1. The number of nitrogens with zero attached hydrogens (tertiary/aromatic N) is 1. The first kappa shape index (κ1) is 13.6. The summed E-state index contributed by atoms with van der Waals surface area (Å²) in [5, 5.41) is 3.90. The van der Waals surface area contributed by atoms with Crippen molar-refractivity contribution < 1.29 is 9.53 Å². The maximum absolute atomic E-state index is 12.0. The Hall–Kier alpha value is -1.81. The Balaban J connectivity index is 2.49. The molecule has 0 saturated carbocycles. The summed E-state index contributed by atoms with van der Waals surface area (Å²) in [4.78, 5) is 16.2. The number of hydrogen-bond donors (Lipinski definition) is 1. The Bertz CT molecular complexity index is 614. The molecule has 0 unspecified atom stereocenters. The maximum Gasteiger partial charge on any atom is 0.254 e.